The number of hydrogen-bond acceptors (Lipinski definition) is 9. The maximum absolute atomic E-state index is 14.2. The predicted octanol–water partition coefficient (Wildman–Crippen LogP) is 4.15. The van der Waals surface area contributed by atoms with E-state index < -0.39 is 36.2 Å². The smallest absolute Gasteiger partial charge is 0.349 e. The average Bonchev–Trinajstić information content (AvgIpc) is 3.28. The van der Waals surface area contributed by atoms with Gasteiger partial charge in [0.1, 0.15) is 23.1 Å². The monoisotopic (exact) mass is 523 g/mol. The second-order valence-corrected chi connectivity index (χ2v) is 7.83. The minimum atomic E-state index is -1.37. The molecule has 0 saturated carbocycles. The molecule has 0 fully saturated rings. The van der Waals surface area contributed by atoms with Crippen LogP contribution in [0, 0.1) is 11.6 Å². The highest BCUT2D eigenvalue weighted by Gasteiger charge is 2.23. The molecule has 0 saturated heterocycles. The molecule has 0 aliphatic carbocycles. The van der Waals surface area contributed by atoms with Crippen LogP contribution in [0.25, 0.3) is 0 Å². The van der Waals surface area contributed by atoms with Gasteiger partial charge in [-0.1, -0.05) is 0 Å². The molecule has 0 aliphatic rings. The van der Waals surface area contributed by atoms with E-state index in [-0.39, 0.29) is 44.1 Å². The first-order chi connectivity index (χ1) is 17.2. The number of carboxylic acids is 1. The van der Waals surface area contributed by atoms with E-state index in [1.54, 1.807) is 0 Å². The standard InChI is InChI=1S/C22H19F2N3O8S/c1-32-13-5-4-12(23)18(24)11(13)9-35-14-7-16(25-8-15(14)33-2)26-22(31)27-17-6-10(20(28)29)19(36-17)21(30)34-3/h4-8H,9H2,1-3H3,(H,28,29)(H2,25,26,27,31). The summed E-state index contributed by atoms with van der Waals surface area (Å²) in [7, 11) is 3.73. The van der Waals surface area contributed by atoms with Gasteiger partial charge in [0.05, 0.1) is 43.7 Å². The normalized spacial score (nSPS) is 10.4. The second kappa shape index (κ2) is 11.3. The lowest BCUT2D eigenvalue weighted by Crippen LogP contribution is -2.19. The van der Waals surface area contributed by atoms with Gasteiger partial charge in [-0.05, 0) is 18.2 Å². The molecule has 3 aromatic rings. The molecule has 0 bridgehead atoms. The number of pyridine rings is 1. The van der Waals surface area contributed by atoms with Crippen LogP contribution in [0.5, 0.6) is 17.2 Å². The fourth-order valence-electron chi connectivity index (χ4n) is 2.92. The molecule has 0 unspecified atom stereocenters. The number of halogens is 2. The van der Waals surface area contributed by atoms with E-state index in [1.165, 1.54) is 32.5 Å². The number of amides is 2. The molecule has 1 aromatic carbocycles. The third kappa shape index (κ3) is 5.78. The summed E-state index contributed by atoms with van der Waals surface area (Å²) in [6, 6.07) is 3.75. The Morgan fingerprint density at radius 1 is 1.03 bits per heavy atom. The Bertz CT molecular complexity index is 1310. The van der Waals surface area contributed by atoms with Gasteiger partial charge in [0.25, 0.3) is 0 Å². The number of rotatable bonds is 9. The minimum Gasteiger partial charge on any atom is -0.496 e. The van der Waals surface area contributed by atoms with Crippen LogP contribution in [-0.2, 0) is 11.3 Å². The fourth-order valence-corrected chi connectivity index (χ4v) is 3.89. The number of carbonyl (C=O) groups excluding carboxylic acids is 2. The molecule has 0 aliphatic heterocycles. The van der Waals surface area contributed by atoms with Gasteiger partial charge in [0.2, 0.25) is 0 Å². The first-order valence-corrected chi connectivity index (χ1v) is 10.7. The number of anilines is 2. The lowest BCUT2D eigenvalue weighted by molar-refractivity contribution is 0.0589. The number of esters is 1. The zero-order chi connectivity index (χ0) is 26.4. The van der Waals surface area contributed by atoms with Gasteiger partial charge in [-0.25, -0.2) is 28.1 Å². The van der Waals surface area contributed by atoms with E-state index in [2.05, 4.69) is 20.4 Å². The van der Waals surface area contributed by atoms with Crippen molar-refractivity contribution in [2.75, 3.05) is 32.0 Å². The van der Waals surface area contributed by atoms with Crippen molar-refractivity contribution in [2.24, 2.45) is 0 Å². The Morgan fingerprint density at radius 2 is 1.75 bits per heavy atom. The van der Waals surface area contributed by atoms with Crippen molar-refractivity contribution in [3.8, 4) is 17.2 Å². The minimum absolute atomic E-state index is 0.0156. The van der Waals surface area contributed by atoms with Gasteiger partial charge in [-0.15, -0.1) is 11.3 Å². The molecule has 2 aromatic heterocycles. The summed E-state index contributed by atoms with van der Waals surface area (Å²) in [4.78, 5) is 39.4. The number of benzene rings is 1. The van der Waals surface area contributed by atoms with E-state index >= 15 is 0 Å². The summed E-state index contributed by atoms with van der Waals surface area (Å²) in [5.74, 6) is -4.20. The van der Waals surface area contributed by atoms with Crippen molar-refractivity contribution in [2.45, 2.75) is 6.61 Å². The summed E-state index contributed by atoms with van der Waals surface area (Å²) in [5.41, 5.74) is -0.502. The van der Waals surface area contributed by atoms with Gasteiger partial charge in [0.15, 0.2) is 23.1 Å². The van der Waals surface area contributed by atoms with Crippen molar-refractivity contribution in [1.82, 2.24) is 4.98 Å². The van der Waals surface area contributed by atoms with Gasteiger partial charge in [-0.3, -0.25) is 10.6 Å². The first-order valence-electron chi connectivity index (χ1n) is 9.89. The molecule has 0 radical (unpaired) electrons. The van der Waals surface area contributed by atoms with Crippen molar-refractivity contribution >= 4 is 40.1 Å². The number of carbonyl (C=O) groups is 3. The number of hydrogen-bond donors (Lipinski definition) is 3. The SMILES string of the molecule is COC(=O)c1sc(NC(=O)Nc2cc(OCc3c(OC)ccc(F)c3F)c(OC)cn2)cc1C(=O)O. The second-order valence-electron chi connectivity index (χ2n) is 6.78. The van der Waals surface area contributed by atoms with Gasteiger partial charge < -0.3 is 24.1 Å². The Labute approximate surface area is 206 Å². The van der Waals surface area contributed by atoms with Crippen LogP contribution in [0.2, 0.25) is 0 Å². The van der Waals surface area contributed by atoms with Crippen LogP contribution >= 0.6 is 11.3 Å². The number of nitrogens with one attached hydrogen (secondary N) is 2. The lowest BCUT2D eigenvalue weighted by Gasteiger charge is -2.14. The van der Waals surface area contributed by atoms with Crippen LogP contribution in [-0.4, -0.2) is 49.4 Å². The number of methoxy groups -OCH3 is 3. The zero-order valence-electron chi connectivity index (χ0n) is 19.0. The van der Waals surface area contributed by atoms with E-state index in [0.717, 1.165) is 19.2 Å². The first kappa shape index (κ1) is 26.2. The summed E-state index contributed by atoms with van der Waals surface area (Å²) in [5, 5.41) is 14.1. The Morgan fingerprint density at radius 3 is 2.39 bits per heavy atom. The Balaban J connectivity index is 1.76. The molecule has 2 amide bonds. The highest BCUT2D eigenvalue weighted by atomic mass is 32.1. The van der Waals surface area contributed by atoms with Crippen LogP contribution in [0.4, 0.5) is 24.4 Å². The van der Waals surface area contributed by atoms with E-state index in [1.807, 2.05) is 0 Å². The molecule has 36 heavy (non-hydrogen) atoms. The molecule has 14 heteroatoms. The van der Waals surface area contributed by atoms with Crippen LogP contribution < -0.4 is 24.8 Å². The van der Waals surface area contributed by atoms with Crippen molar-refractivity contribution in [3.05, 3.63) is 58.1 Å². The number of nitrogens with zero attached hydrogens (tertiary/aromatic N) is 1. The summed E-state index contributed by atoms with van der Waals surface area (Å²) >= 11 is 0.710. The van der Waals surface area contributed by atoms with Crippen molar-refractivity contribution in [3.63, 3.8) is 0 Å². The molecular weight excluding hydrogens is 504 g/mol. The highest BCUT2D eigenvalue weighted by molar-refractivity contribution is 7.18. The number of carboxylic acid groups (broad SMARTS) is 1. The number of aromatic carboxylic acids is 1. The number of thiophene rings is 1. The third-order valence-corrected chi connectivity index (χ3v) is 5.64. The largest absolute Gasteiger partial charge is 0.496 e. The quantitative estimate of drug-likeness (QED) is 0.352. The number of aromatic nitrogens is 1. The lowest BCUT2D eigenvalue weighted by atomic mass is 10.2. The predicted molar refractivity (Wildman–Crippen MR) is 123 cm³/mol. The van der Waals surface area contributed by atoms with Gasteiger partial charge in [0, 0.05) is 6.07 Å². The van der Waals surface area contributed by atoms with Crippen LogP contribution in [0.1, 0.15) is 25.6 Å². The topological polar surface area (TPSA) is 145 Å². The van der Waals surface area contributed by atoms with Gasteiger partial charge in [-0.2, -0.15) is 0 Å². The van der Waals surface area contributed by atoms with E-state index in [4.69, 9.17) is 14.2 Å². The van der Waals surface area contributed by atoms with E-state index in [9.17, 15) is 28.3 Å². The highest BCUT2D eigenvalue weighted by Crippen LogP contribution is 2.32. The molecular formula is C22H19F2N3O8S. The number of urea groups is 1. The summed E-state index contributed by atoms with van der Waals surface area (Å²) < 4.78 is 48.2. The zero-order valence-corrected chi connectivity index (χ0v) is 19.8. The van der Waals surface area contributed by atoms with Gasteiger partial charge >= 0.3 is 18.0 Å². The Kier molecular flexibility index (Phi) is 8.22. The fraction of sp³-hybridized carbons (Fsp3) is 0.182. The molecule has 3 rings (SSSR count). The van der Waals surface area contributed by atoms with E-state index in [0.29, 0.717) is 11.3 Å². The molecule has 0 spiro atoms. The molecule has 2 heterocycles. The maximum Gasteiger partial charge on any atom is 0.349 e. The molecule has 190 valence electrons. The molecule has 3 N–H and O–H groups in total. The van der Waals surface area contributed by atoms with Crippen molar-refractivity contribution in [1.29, 1.82) is 0 Å². The molecule has 11 nitrogen and oxygen atoms in total. The molecule has 0 atom stereocenters. The summed E-state index contributed by atoms with van der Waals surface area (Å²) in [6.07, 6.45) is 1.23. The van der Waals surface area contributed by atoms with Crippen molar-refractivity contribution < 1.29 is 47.2 Å². The van der Waals surface area contributed by atoms with Crippen LogP contribution in [0.3, 0.4) is 0 Å². The Hall–Kier alpha value is -4.46. The average molecular weight is 523 g/mol. The van der Waals surface area contributed by atoms with Crippen LogP contribution in [0.15, 0.2) is 30.5 Å². The maximum atomic E-state index is 14.2. The number of ether oxygens (including phenoxy) is 4. The summed E-state index contributed by atoms with van der Waals surface area (Å²) in [6.45, 7) is -0.428. The third-order valence-electron chi connectivity index (χ3n) is 4.61.